The van der Waals surface area contributed by atoms with Gasteiger partial charge in [-0.25, -0.2) is 4.79 Å². The Bertz CT molecular complexity index is 557. The number of hydrogen-bond acceptors (Lipinski definition) is 4. The molecule has 0 aromatic rings. The molecule has 3 amide bonds. The number of carbonyl (C=O) groups excluding carboxylic acids is 2. The largest absolute Gasteiger partial charge is 0.377 e. The number of rotatable bonds is 1. The van der Waals surface area contributed by atoms with E-state index in [1.807, 2.05) is 23.6 Å². The van der Waals surface area contributed by atoms with Crippen molar-refractivity contribution in [1.29, 1.82) is 0 Å². The van der Waals surface area contributed by atoms with Crippen molar-refractivity contribution in [2.24, 2.45) is 17.1 Å². The van der Waals surface area contributed by atoms with E-state index in [0.717, 1.165) is 19.4 Å². The molecule has 3 saturated heterocycles. The molecule has 0 spiro atoms. The van der Waals surface area contributed by atoms with Gasteiger partial charge >= 0.3 is 6.03 Å². The topological polar surface area (TPSA) is 87.9 Å². The zero-order chi connectivity index (χ0) is 16.4. The number of nitrogens with two attached hydrogens (primary N) is 1. The van der Waals surface area contributed by atoms with Gasteiger partial charge in [-0.3, -0.25) is 4.79 Å². The van der Waals surface area contributed by atoms with Crippen LogP contribution in [0.4, 0.5) is 4.79 Å². The molecule has 3 heterocycles. The maximum Gasteiger partial charge on any atom is 0.317 e. The van der Waals surface area contributed by atoms with Crippen LogP contribution in [-0.4, -0.2) is 72.2 Å². The zero-order valence-corrected chi connectivity index (χ0v) is 15.1. The van der Waals surface area contributed by atoms with Crippen LogP contribution in [0.3, 0.4) is 0 Å². The number of urea groups is 1. The van der Waals surface area contributed by atoms with E-state index >= 15 is 0 Å². The summed E-state index contributed by atoms with van der Waals surface area (Å²) in [6, 6.07) is 0.0553. The van der Waals surface area contributed by atoms with E-state index in [-0.39, 0.29) is 47.8 Å². The summed E-state index contributed by atoms with van der Waals surface area (Å²) in [6.45, 7) is 7.20. The van der Waals surface area contributed by atoms with Gasteiger partial charge in [0.15, 0.2) is 0 Å². The Labute approximate surface area is 148 Å². The molecule has 7 nitrogen and oxygen atoms in total. The molecule has 8 heteroatoms. The predicted octanol–water partition coefficient (Wildman–Crippen LogP) is 0.177. The molecule has 3 N–H and O–H groups in total. The van der Waals surface area contributed by atoms with E-state index in [1.165, 1.54) is 0 Å². The first-order valence-electron chi connectivity index (χ1n) is 8.61. The summed E-state index contributed by atoms with van der Waals surface area (Å²) >= 11 is 0. The number of ether oxygens (including phenoxy) is 1. The Morgan fingerprint density at radius 3 is 2.88 bits per heavy atom. The standard InChI is InChI=1S/C16H26N4O3.ClH/c1-15(2)12-11(4-3-7-23-12)16(15,17)13(21)19-5-6-20-10(9-19)8-18-14(20)22;/h10-12H,3-9,17H2,1-2H3,(H,18,22);1H. The van der Waals surface area contributed by atoms with Crippen LogP contribution in [0, 0.1) is 11.3 Å². The SMILES string of the molecule is CC1(C)C2OCCCC2C1(N)C(=O)N1CCN2C(=O)NCC2C1.Cl. The van der Waals surface area contributed by atoms with Crippen molar-refractivity contribution in [3.63, 3.8) is 0 Å². The Morgan fingerprint density at radius 1 is 1.38 bits per heavy atom. The van der Waals surface area contributed by atoms with Gasteiger partial charge in [-0.2, -0.15) is 0 Å². The third kappa shape index (κ3) is 2.10. The van der Waals surface area contributed by atoms with Gasteiger partial charge in [0.1, 0.15) is 5.54 Å². The fourth-order valence-corrected chi connectivity index (χ4v) is 5.06. The van der Waals surface area contributed by atoms with Gasteiger partial charge in [0.2, 0.25) is 5.91 Å². The summed E-state index contributed by atoms with van der Waals surface area (Å²) < 4.78 is 5.89. The highest BCUT2D eigenvalue weighted by molar-refractivity contribution is 5.90. The average molecular weight is 359 g/mol. The molecule has 0 aromatic carbocycles. The van der Waals surface area contributed by atoms with Crippen LogP contribution >= 0.6 is 12.4 Å². The van der Waals surface area contributed by atoms with Crippen molar-refractivity contribution < 1.29 is 14.3 Å². The smallest absolute Gasteiger partial charge is 0.317 e. The molecule has 1 saturated carbocycles. The lowest BCUT2D eigenvalue weighted by Crippen LogP contribution is -2.83. The number of nitrogens with zero attached hydrogens (tertiary/aromatic N) is 2. The number of piperazine rings is 1. The Morgan fingerprint density at radius 2 is 2.12 bits per heavy atom. The third-order valence-corrected chi connectivity index (χ3v) is 6.56. The summed E-state index contributed by atoms with van der Waals surface area (Å²) in [5, 5.41) is 2.85. The third-order valence-electron chi connectivity index (χ3n) is 6.56. The average Bonchev–Trinajstić information content (AvgIpc) is 2.94. The van der Waals surface area contributed by atoms with Crippen LogP contribution in [0.1, 0.15) is 26.7 Å². The van der Waals surface area contributed by atoms with Gasteiger partial charge in [-0.1, -0.05) is 13.8 Å². The lowest BCUT2D eigenvalue weighted by Gasteiger charge is -2.66. The van der Waals surface area contributed by atoms with E-state index < -0.39 is 5.54 Å². The lowest BCUT2D eigenvalue weighted by atomic mass is 9.46. The number of halogens is 1. The maximum atomic E-state index is 13.3. The number of fused-ring (bicyclic) bond motifs is 2. The lowest BCUT2D eigenvalue weighted by molar-refractivity contribution is -0.230. The summed E-state index contributed by atoms with van der Waals surface area (Å²) in [5.74, 6) is 0.147. The first-order chi connectivity index (χ1) is 10.9. The van der Waals surface area contributed by atoms with E-state index in [2.05, 4.69) is 5.32 Å². The fourth-order valence-electron chi connectivity index (χ4n) is 5.06. The van der Waals surface area contributed by atoms with Gasteiger partial charge in [-0.05, 0) is 12.8 Å². The first kappa shape index (κ1) is 17.8. The van der Waals surface area contributed by atoms with Gasteiger partial charge in [-0.15, -0.1) is 12.4 Å². The van der Waals surface area contributed by atoms with E-state index in [9.17, 15) is 9.59 Å². The molecule has 0 aromatic heterocycles. The van der Waals surface area contributed by atoms with Crippen LogP contribution < -0.4 is 11.1 Å². The molecule has 4 aliphatic rings. The van der Waals surface area contributed by atoms with Crippen molar-refractivity contribution in [3.8, 4) is 0 Å². The molecule has 1 aliphatic carbocycles. The molecule has 4 fully saturated rings. The molecule has 4 rings (SSSR count). The van der Waals surface area contributed by atoms with Crippen LogP contribution in [0.5, 0.6) is 0 Å². The quantitative estimate of drug-likeness (QED) is 0.699. The van der Waals surface area contributed by atoms with E-state index in [0.29, 0.717) is 26.2 Å². The summed E-state index contributed by atoms with van der Waals surface area (Å²) in [5.41, 5.74) is 5.50. The molecule has 136 valence electrons. The summed E-state index contributed by atoms with van der Waals surface area (Å²) in [6.07, 6.45) is 2.01. The van der Waals surface area contributed by atoms with Gasteiger partial charge < -0.3 is 25.6 Å². The van der Waals surface area contributed by atoms with Crippen LogP contribution in [0.15, 0.2) is 0 Å². The van der Waals surface area contributed by atoms with E-state index in [4.69, 9.17) is 10.5 Å². The maximum absolute atomic E-state index is 13.3. The van der Waals surface area contributed by atoms with Crippen molar-refractivity contribution in [3.05, 3.63) is 0 Å². The fraction of sp³-hybridized carbons (Fsp3) is 0.875. The highest BCUT2D eigenvalue weighted by atomic mass is 35.5. The number of nitrogens with one attached hydrogen (secondary N) is 1. The van der Waals surface area contributed by atoms with Gasteiger partial charge in [0.25, 0.3) is 0 Å². The van der Waals surface area contributed by atoms with Crippen molar-refractivity contribution in [2.45, 2.75) is 44.4 Å². The predicted molar refractivity (Wildman–Crippen MR) is 90.9 cm³/mol. The van der Waals surface area contributed by atoms with Crippen LogP contribution in [-0.2, 0) is 9.53 Å². The Hall–Kier alpha value is -1.05. The van der Waals surface area contributed by atoms with Crippen LogP contribution in [0.2, 0.25) is 0 Å². The van der Waals surface area contributed by atoms with E-state index in [1.54, 1.807) is 0 Å². The second-order valence-electron chi connectivity index (χ2n) is 7.92. The molecule has 4 unspecified atom stereocenters. The molecule has 4 atom stereocenters. The highest BCUT2D eigenvalue weighted by Gasteiger charge is 2.71. The summed E-state index contributed by atoms with van der Waals surface area (Å²) in [7, 11) is 0. The Kier molecular flexibility index (Phi) is 4.25. The number of carbonyl (C=O) groups is 2. The molecule has 0 radical (unpaired) electrons. The minimum atomic E-state index is -0.851. The van der Waals surface area contributed by atoms with Crippen molar-refractivity contribution >= 4 is 24.3 Å². The Balaban J connectivity index is 0.00000169. The second kappa shape index (κ2) is 5.75. The van der Waals surface area contributed by atoms with Gasteiger partial charge in [0.05, 0.1) is 12.1 Å². The van der Waals surface area contributed by atoms with Crippen molar-refractivity contribution in [2.75, 3.05) is 32.8 Å². The highest BCUT2D eigenvalue weighted by Crippen LogP contribution is 2.58. The monoisotopic (exact) mass is 358 g/mol. The molecule has 24 heavy (non-hydrogen) atoms. The minimum absolute atomic E-state index is 0. The van der Waals surface area contributed by atoms with Crippen molar-refractivity contribution in [1.82, 2.24) is 15.1 Å². The second-order valence-corrected chi connectivity index (χ2v) is 7.92. The molecule has 0 bridgehead atoms. The molecular weight excluding hydrogens is 332 g/mol. The van der Waals surface area contributed by atoms with Crippen LogP contribution in [0.25, 0.3) is 0 Å². The number of hydrogen-bond donors (Lipinski definition) is 2. The summed E-state index contributed by atoms with van der Waals surface area (Å²) in [4.78, 5) is 28.7. The normalized spacial score (nSPS) is 40.0. The first-order valence-corrected chi connectivity index (χ1v) is 8.61. The zero-order valence-electron chi connectivity index (χ0n) is 14.3. The minimum Gasteiger partial charge on any atom is -0.377 e. The number of amides is 3. The van der Waals surface area contributed by atoms with Gasteiger partial charge in [0, 0.05) is 44.1 Å². The molecular formula is C16H27ClN4O3. The molecule has 3 aliphatic heterocycles.